The average Bonchev–Trinajstić information content (AvgIpc) is 3.26. The van der Waals surface area contributed by atoms with Crippen molar-refractivity contribution in [2.24, 2.45) is 0 Å². The molecule has 0 bridgehead atoms. The quantitative estimate of drug-likeness (QED) is 0.582. The first kappa shape index (κ1) is 21.0. The standard InChI is InChI=1S/C22H26N4O2S2/c1-3-17-7-8-18(15-16(17)2)24-22-23-12-11-19(25-22)20-9-10-21(29-20)30(27,28)26-13-5-4-6-14-26/h7-12,15H,3-6,13-14H2,1-2H3,(H,23,24,25). The second-order valence-electron chi connectivity index (χ2n) is 7.47. The van der Waals surface area contributed by atoms with Gasteiger partial charge in [0, 0.05) is 25.0 Å². The normalized spacial score (nSPS) is 15.3. The van der Waals surface area contributed by atoms with Gasteiger partial charge in [-0.15, -0.1) is 11.3 Å². The highest BCUT2D eigenvalue weighted by Gasteiger charge is 2.27. The maximum Gasteiger partial charge on any atom is 0.252 e. The van der Waals surface area contributed by atoms with Crippen LogP contribution < -0.4 is 5.32 Å². The van der Waals surface area contributed by atoms with Crippen LogP contribution in [0, 0.1) is 6.92 Å². The summed E-state index contributed by atoms with van der Waals surface area (Å²) in [6.07, 6.45) is 5.64. The molecule has 2 aromatic heterocycles. The zero-order chi connectivity index (χ0) is 21.1. The molecule has 0 saturated carbocycles. The third-order valence-corrected chi connectivity index (χ3v) is 8.85. The molecule has 3 heterocycles. The van der Waals surface area contributed by atoms with Crippen molar-refractivity contribution in [2.75, 3.05) is 18.4 Å². The molecule has 1 fully saturated rings. The summed E-state index contributed by atoms with van der Waals surface area (Å²) in [5.41, 5.74) is 4.18. The van der Waals surface area contributed by atoms with E-state index in [9.17, 15) is 8.42 Å². The lowest BCUT2D eigenvalue weighted by molar-refractivity contribution is 0.347. The van der Waals surface area contributed by atoms with E-state index >= 15 is 0 Å². The Bertz CT molecular complexity index is 1140. The predicted molar refractivity (Wildman–Crippen MR) is 122 cm³/mol. The van der Waals surface area contributed by atoms with Crippen molar-refractivity contribution in [3.63, 3.8) is 0 Å². The van der Waals surface area contributed by atoms with Gasteiger partial charge in [-0.3, -0.25) is 0 Å². The molecule has 0 unspecified atom stereocenters. The molecule has 1 aromatic carbocycles. The molecular weight excluding hydrogens is 416 g/mol. The van der Waals surface area contributed by atoms with Crippen molar-refractivity contribution in [2.45, 2.75) is 43.7 Å². The van der Waals surface area contributed by atoms with Gasteiger partial charge >= 0.3 is 0 Å². The van der Waals surface area contributed by atoms with Crippen LogP contribution in [-0.4, -0.2) is 35.8 Å². The summed E-state index contributed by atoms with van der Waals surface area (Å²) < 4.78 is 27.8. The first-order valence-electron chi connectivity index (χ1n) is 10.3. The molecule has 1 aliphatic heterocycles. The fourth-order valence-electron chi connectivity index (χ4n) is 3.68. The number of benzene rings is 1. The Morgan fingerprint density at radius 2 is 1.90 bits per heavy atom. The van der Waals surface area contributed by atoms with Crippen LogP contribution in [0.5, 0.6) is 0 Å². The van der Waals surface area contributed by atoms with E-state index in [1.165, 1.54) is 22.5 Å². The first-order valence-corrected chi connectivity index (χ1v) is 12.5. The largest absolute Gasteiger partial charge is 0.324 e. The van der Waals surface area contributed by atoms with E-state index in [0.717, 1.165) is 36.2 Å². The van der Waals surface area contributed by atoms with Crippen LogP contribution in [-0.2, 0) is 16.4 Å². The molecule has 0 radical (unpaired) electrons. The van der Waals surface area contributed by atoms with E-state index in [2.05, 4.69) is 41.3 Å². The second-order valence-corrected chi connectivity index (χ2v) is 10.7. The molecule has 3 aromatic rings. The van der Waals surface area contributed by atoms with E-state index < -0.39 is 10.0 Å². The fourth-order valence-corrected chi connectivity index (χ4v) is 6.63. The van der Waals surface area contributed by atoms with Gasteiger partial charge in [-0.05, 0) is 67.6 Å². The summed E-state index contributed by atoms with van der Waals surface area (Å²) in [4.78, 5) is 9.73. The van der Waals surface area contributed by atoms with E-state index in [4.69, 9.17) is 0 Å². The van der Waals surface area contributed by atoms with E-state index in [0.29, 0.717) is 28.9 Å². The molecule has 158 valence electrons. The molecule has 0 aliphatic carbocycles. The van der Waals surface area contributed by atoms with Gasteiger partial charge in [-0.2, -0.15) is 4.31 Å². The minimum absolute atomic E-state index is 0.373. The highest BCUT2D eigenvalue weighted by molar-refractivity contribution is 7.91. The predicted octanol–water partition coefficient (Wildman–Crippen LogP) is 4.99. The Labute approximate surface area is 182 Å². The van der Waals surface area contributed by atoms with Crippen molar-refractivity contribution in [1.29, 1.82) is 0 Å². The number of nitrogens with zero attached hydrogens (tertiary/aromatic N) is 3. The number of aromatic nitrogens is 2. The van der Waals surface area contributed by atoms with Crippen LogP contribution in [0.2, 0.25) is 0 Å². The van der Waals surface area contributed by atoms with Crippen molar-refractivity contribution in [3.05, 3.63) is 53.7 Å². The van der Waals surface area contributed by atoms with Crippen molar-refractivity contribution in [3.8, 4) is 10.6 Å². The Balaban J connectivity index is 1.55. The van der Waals surface area contributed by atoms with Gasteiger partial charge in [0.1, 0.15) is 4.21 Å². The maximum absolute atomic E-state index is 12.9. The lowest BCUT2D eigenvalue weighted by Gasteiger charge is -2.25. The number of rotatable bonds is 6. The Morgan fingerprint density at radius 1 is 1.10 bits per heavy atom. The SMILES string of the molecule is CCc1ccc(Nc2nccc(-c3ccc(S(=O)(=O)N4CCCCC4)s3)n2)cc1C. The number of hydrogen-bond acceptors (Lipinski definition) is 6. The Morgan fingerprint density at radius 3 is 2.63 bits per heavy atom. The van der Waals surface area contributed by atoms with E-state index in [-0.39, 0.29) is 0 Å². The van der Waals surface area contributed by atoms with Crippen molar-refractivity contribution >= 4 is 33.0 Å². The number of anilines is 2. The van der Waals surface area contributed by atoms with Gasteiger partial charge in [0.15, 0.2) is 0 Å². The van der Waals surface area contributed by atoms with E-state index in [1.54, 1.807) is 22.6 Å². The Kier molecular flexibility index (Phi) is 6.17. The molecule has 0 amide bonds. The molecule has 8 heteroatoms. The zero-order valence-corrected chi connectivity index (χ0v) is 18.9. The summed E-state index contributed by atoms with van der Waals surface area (Å²) in [5.74, 6) is 0.491. The van der Waals surface area contributed by atoms with Gasteiger partial charge in [0.05, 0.1) is 10.6 Å². The molecule has 1 saturated heterocycles. The maximum atomic E-state index is 12.9. The van der Waals surface area contributed by atoms with E-state index in [1.807, 2.05) is 12.1 Å². The average molecular weight is 443 g/mol. The summed E-state index contributed by atoms with van der Waals surface area (Å²) in [6, 6.07) is 11.5. The molecule has 6 nitrogen and oxygen atoms in total. The van der Waals surface area contributed by atoms with Crippen LogP contribution in [0.4, 0.5) is 11.6 Å². The first-order chi connectivity index (χ1) is 14.5. The lowest BCUT2D eigenvalue weighted by atomic mass is 10.1. The third kappa shape index (κ3) is 4.40. The Hall–Kier alpha value is -2.29. The smallest absolute Gasteiger partial charge is 0.252 e. The number of piperidine rings is 1. The minimum Gasteiger partial charge on any atom is -0.324 e. The third-order valence-electron chi connectivity index (χ3n) is 5.38. The van der Waals surface area contributed by atoms with Gasteiger partial charge in [0.25, 0.3) is 10.0 Å². The topological polar surface area (TPSA) is 75.2 Å². The highest BCUT2D eigenvalue weighted by Crippen LogP contribution is 2.32. The van der Waals surface area contributed by atoms with Crippen LogP contribution in [0.3, 0.4) is 0 Å². The number of thiophene rings is 1. The molecule has 0 spiro atoms. The summed E-state index contributed by atoms with van der Waals surface area (Å²) in [5, 5.41) is 3.25. The molecule has 0 atom stereocenters. The van der Waals surface area contributed by atoms with Crippen LogP contribution in [0.1, 0.15) is 37.3 Å². The van der Waals surface area contributed by atoms with Gasteiger partial charge < -0.3 is 5.32 Å². The molecule has 1 aliphatic rings. The van der Waals surface area contributed by atoms with Crippen LogP contribution in [0.25, 0.3) is 10.6 Å². The monoisotopic (exact) mass is 442 g/mol. The van der Waals surface area contributed by atoms with Crippen molar-refractivity contribution in [1.82, 2.24) is 14.3 Å². The molecular formula is C22H26N4O2S2. The second kappa shape index (κ2) is 8.83. The fraction of sp³-hybridized carbons (Fsp3) is 0.364. The van der Waals surface area contributed by atoms with Crippen LogP contribution in [0.15, 0.2) is 46.8 Å². The molecule has 1 N–H and O–H groups in total. The van der Waals surface area contributed by atoms with Crippen molar-refractivity contribution < 1.29 is 8.42 Å². The van der Waals surface area contributed by atoms with Gasteiger partial charge in [0.2, 0.25) is 5.95 Å². The minimum atomic E-state index is -3.43. The number of aryl methyl sites for hydroxylation is 2. The molecule has 30 heavy (non-hydrogen) atoms. The number of hydrogen-bond donors (Lipinski definition) is 1. The van der Waals surface area contributed by atoms with Gasteiger partial charge in [-0.25, -0.2) is 18.4 Å². The number of nitrogens with one attached hydrogen (secondary N) is 1. The summed E-state index contributed by atoms with van der Waals surface area (Å²) >= 11 is 1.26. The highest BCUT2D eigenvalue weighted by atomic mass is 32.2. The number of sulfonamides is 1. The molecule has 4 rings (SSSR count). The summed E-state index contributed by atoms with van der Waals surface area (Å²) in [6.45, 7) is 5.45. The summed E-state index contributed by atoms with van der Waals surface area (Å²) in [7, 11) is -3.43. The lowest BCUT2D eigenvalue weighted by Crippen LogP contribution is -2.35. The van der Waals surface area contributed by atoms with Gasteiger partial charge in [-0.1, -0.05) is 19.4 Å². The zero-order valence-electron chi connectivity index (χ0n) is 17.3. The van der Waals surface area contributed by atoms with Crippen LogP contribution >= 0.6 is 11.3 Å².